The van der Waals surface area contributed by atoms with Gasteiger partial charge in [-0.25, -0.2) is 4.79 Å². The Morgan fingerprint density at radius 2 is 1.35 bits per heavy atom. The van der Waals surface area contributed by atoms with Crippen LogP contribution < -0.4 is 14.8 Å². The van der Waals surface area contributed by atoms with Crippen LogP contribution in [0.4, 0.5) is 0 Å². The van der Waals surface area contributed by atoms with Crippen LogP contribution in [0.2, 0.25) is 0 Å². The van der Waals surface area contributed by atoms with Gasteiger partial charge in [0.1, 0.15) is 5.56 Å². The summed E-state index contributed by atoms with van der Waals surface area (Å²) in [5.74, 6) is -0.418. The fraction of sp³-hybridized carbons (Fsp3) is 0.200. The molecule has 0 radical (unpaired) electrons. The van der Waals surface area contributed by atoms with Crippen LogP contribution in [-0.2, 0) is 9.53 Å². The van der Waals surface area contributed by atoms with Gasteiger partial charge in [-0.2, -0.15) is 0 Å². The number of nitrogens with one attached hydrogen (secondary N) is 1. The van der Waals surface area contributed by atoms with E-state index < -0.39 is 18.0 Å². The minimum absolute atomic E-state index is 0.184. The highest BCUT2D eigenvalue weighted by molar-refractivity contribution is 5.95. The highest BCUT2D eigenvalue weighted by Gasteiger charge is 2.25. The zero-order valence-corrected chi connectivity index (χ0v) is 17.7. The Morgan fingerprint density at radius 1 is 0.774 bits per heavy atom. The van der Waals surface area contributed by atoms with Crippen molar-refractivity contribution in [1.29, 1.82) is 0 Å². The first-order chi connectivity index (χ1) is 15.0. The molecule has 0 bridgehead atoms. The van der Waals surface area contributed by atoms with Gasteiger partial charge in [0.15, 0.2) is 17.6 Å². The van der Waals surface area contributed by atoms with Crippen LogP contribution in [0.25, 0.3) is 0 Å². The molecular formula is C25H25NO5. The van der Waals surface area contributed by atoms with Crippen LogP contribution in [0.3, 0.4) is 0 Å². The molecule has 31 heavy (non-hydrogen) atoms. The molecule has 0 aliphatic rings. The monoisotopic (exact) mass is 419 g/mol. The summed E-state index contributed by atoms with van der Waals surface area (Å²) in [6.07, 6.45) is -1.02. The molecule has 3 aromatic rings. The number of carbonyl (C=O) groups is 2. The van der Waals surface area contributed by atoms with Crippen molar-refractivity contribution < 1.29 is 23.8 Å². The van der Waals surface area contributed by atoms with E-state index in [0.29, 0.717) is 5.75 Å². The van der Waals surface area contributed by atoms with Gasteiger partial charge in [-0.3, -0.25) is 4.79 Å². The van der Waals surface area contributed by atoms with Gasteiger partial charge in [-0.1, -0.05) is 66.7 Å². The van der Waals surface area contributed by atoms with Gasteiger partial charge < -0.3 is 19.5 Å². The Bertz CT molecular complexity index is 981. The lowest BCUT2D eigenvalue weighted by Gasteiger charge is -2.22. The van der Waals surface area contributed by atoms with Gasteiger partial charge in [0.05, 0.1) is 20.3 Å². The summed E-state index contributed by atoms with van der Waals surface area (Å²) >= 11 is 0. The van der Waals surface area contributed by atoms with Crippen LogP contribution >= 0.6 is 0 Å². The summed E-state index contributed by atoms with van der Waals surface area (Å²) in [7, 11) is 2.92. The van der Waals surface area contributed by atoms with Gasteiger partial charge in [-0.05, 0) is 30.2 Å². The minimum atomic E-state index is -1.02. The van der Waals surface area contributed by atoms with Crippen molar-refractivity contribution in [2.75, 3.05) is 14.2 Å². The number of rotatable bonds is 8. The molecule has 1 atom stereocenters. The number of carbonyl (C=O) groups excluding carboxylic acids is 2. The smallest absolute Gasteiger partial charge is 0.342 e. The van der Waals surface area contributed by atoms with E-state index in [4.69, 9.17) is 14.2 Å². The second-order valence-corrected chi connectivity index (χ2v) is 6.85. The van der Waals surface area contributed by atoms with Crippen LogP contribution in [0, 0.1) is 0 Å². The van der Waals surface area contributed by atoms with Crippen molar-refractivity contribution in [3.8, 4) is 11.5 Å². The largest absolute Gasteiger partial charge is 0.493 e. The third-order valence-corrected chi connectivity index (χ3v) is 4.83. The molecule has 0 unspecified atom stereocenters. The average Bonchev–Trinajstić information content (AvgIpc) is 2.82. The summed E-state index contributed by atoms with van der Waals surface area (Å²) in [5.41, 5.74) is 2.04. The predicted molar refractivity (Wildman–Crippen MR) is 117 cm³/mol. The molecule has 0 saturated carbocycles. The van der Waals surface area contributed by atoms with E-state index in [-0.39, 0.29) is 17.4 Å². The fourth-order valence-electron chi connectivity index (χ4n) is 3.24. The summed E-state index contributed by atoms with van der Waals surface area (Å²) in [5, 5.41) is 2.99. The molecule has 1 N–H and O–H groups in total. The van der Waals surface area contributed by atoms with Crippen LogP contribution in [0.5, 0.6) is 11.5 Å². The molecule has 6 heteroatoms. The van der Waals surface area contributed by atoms with Crippen molar-refractivity contribution in [2.24, 2.45) is 0 Å². The zero-order valence-electron chi connectivity index (χ0n) is 17.7. The van der Waals surface area contributed by atoms with Crippen LogP contribution in [0.1, 0.15) is 34.5 Å². The Hall–Kier alpha value is -3.80. The summed E-state index contributed by atoms with van der Waals surface area (Å²) < 4.78 is 15.9. The molecular weight excluding hydrogens is 394 g/mol. The standard InChI is InChI=1S/C25H25NO5/c1-17(31-25(28)20-15-10-16-21(29-2)23(20)30-3)24(27)26-22(18-11-6-4-7-12-18)19-13-8-5-9-14-19/h4-17,22H,1-3H3,(H,26,27)/t17-/m0/s1. The molecule has 3 rings (SSSR count). The number of ether oxygens (including phenoxy) is 3. The molecule has 160 valence electrons. The van der Waals surface area contributed by atoms with Gasteiger partial charge in [0.25, 0.3) is 5.91 Å². The third kappa shape index (κ3) is 5.22. The molecule has 0 aromatic heterocycles. The molecule has 1 amide bonds. The second-order valence-electron chi connectivity index (χ2n) is 6.85. The first-order valence-corrected chi connectivity index (χ1v) is 9.87. The molecule has 6 nitrogen and oxygen atoms in total. The maximum Gasteiger partial charge on any atom is 0.342 e. The number of esters is 1. The molecule has 0 spiro atoms. The number of benzene rings is 3. The van der Waals surface area contributed by atoms with Gasteiger partial charge >= 0.3 is 5.97 Å². The van der Waals surface area contributed by atoms with Crippen molar-refractivity contribution in [2.45, 2.75) is 19.1 Å². The van der Waals surface area contributed by atoms with Crippen LogP contribution in [-0.4, -0.2) is 32.2 Å². The van der Waals surface area contributed by atoms with E-state index in [1.165, 1.54) is 21.1 Å². The highest BCUT2D eigenvalue weighted by atomic mass is 16.6. The van der Waals surface area contributed by atoms with E-state index in [1.807, 2.05) is 60.7 Å². The predicted octanol–water partition coefficient (Wildman–Crippen LogP) is 4.15. The Balaban J connectivity index is 1.77. The molecule has 0 heterocycles. The molecule has 0 saturated heterocycles. The number of amides is 1. The average molecular weight is 419 g/mol. The number of hydrogen-bond acceptors (Lipinski definition) is 5. The number of para-hydroxylation sites is 1. The molecule has 3 aromatic carbocycles. The lowest BCUT2D eigenvalue weighted by Crippen LogP contribution is -2.38. The Labute approximate surface area is 181 Å². The molecule has 0 fully saturated rings. The van der Waals surface area contributed by atoms with E-state index in [0.717, 1.165) is 11.1 Å². The van der Waals surface area contributed by atoms with Gasteiger partial charge in [0.2, 0.25) is 0 Å². The van der Waals surface area contributed by atoms with Crippen molar-refractivity contribution in [3.63, 3.8) is 0 Å². The van der Waals surface area contributed by atoms with Crippen molar-refractivity contribution >= 4 is 11.9 Å². The second kappa shape index (κ2) is 10.3. The van der Waals surface area contributed by atoms with Crippen LogP contribution in [0.15, 0.2) is 78.9 Å². The van der Waals surface area contributed by atoms with E-state index >= 15 is 0 Å². The lowest BCUT2D eigenvalue weighted by molar-refractivity contribution is -0.129. The first kappa shape index (κ1) is 21.9. The number of hydrogen-bond donors (Lipinski definition) is 1. The van der Waals surface area contributed by atoms with Gasteiger partial charge in [0, 0.05) is 0 Å². The quantitative estimate of drug-likeness (QED) is 0.555. The highest BCUT2D eigenvalue weighted by Crippen LogP contribution is 2.31. The zero-order chi connectivity index (χ0) is 22.2. The minimum Gasteiger partial charge on any atom is -0.493 e. The summed E-state index contributed by atoms with van der Waals surface area (Å²) in [6.45, 7) is 1.53. The maximum atomic E-state index is 12.9. The third-order valence-electron chi connectivity index (χ3n) is 4.83. The lowest BCUT2D eigenvalue weighted by atomic mass is 9.98. The Morgan fingerprint density at radius 3 is 1.87 bits per heavy atom. The molecule has 0 aliphatic heterocycles. The van der Waals surface area contributed by atoms with E-state index in [2.05, 4.69) is 5.32 Å². The fourth-order valence-corrected chi connectivity index (χ4v) is 3.24. The number of methoxy groups -OCH3 is 2. The van der Waals surface area contributed by atoms with Crippen molar-refractivity contribution in [3.05, 3.63) is 95.6 Å². The van der Waals surface area contributed by atoms with E-state index in [9.17, 15) is 9.59 Å². The van der Waals surface area contributed by atoms with Gasteiger partial charge in [-0.15, -0.1) is 0 Å². The first-order valence-electron chi connectivity index (χ1n) is 9.87. The summed E-state index contributed by atoms with van der Waals surface area (Å²) in [4.78, 5) is 25.6. The van der Waals surface area contributed by atoms with Crippen molar-refractivity contribution in [1.82, 2.24) is 5.32 Å². The Kier molecular flexibility index (Phi) is 7.27. The maximum absolute atomic E-state index is 12.9. The summed E-state index contributed by atoms with van der Waals surface area (Å²) in [6, 6.07) is 23.8. The topological polar surface area (TPSA) is 73.9 Å². The molecule has 0 aliphatic carbocycles. The SMILES string of the molecule is COc1cccc(C(=O)O[C@@H](C)C(=O)NC(c2ccccc2)c2ccccc2)c1OC. The normalized spacial score (nSPS) is 11.5. The van der Waals surface area contributed by atoms with E-state index in [1.54, 1.807) is 18.2 Å².